The van der Waals surface area contributed by atoms with E-state index in [1.807, 2.05) is 6.92 Å². The van der Waals surface area contributed by atoms with Gasteiger partial charge in [-0.25, -0.2) is 9.59 Å². The van der Waals surface area contributed by atoms with Crippen LogP contribution in [-0.4, -0.2) is 31.3 Å². The van der Waals surface area contributed by atoms with Gasteiger partial charge in [-0.15, -0.1) is 12.8 Å². The van der Waals surface area contributed by atoms with Crippen LogP contribution in [0.2, 0.25) is 0 Å². The summed E-state index contributed by atoms with van der Waals surface area (Å²) in [4.78, 5) is 22.7. The van der Waals surface area contributed by atoms with Crippen molar-refractivity contribution in [3.8, 4) is 24.7 Å². The summed E-state index contributed by atoms with van der Waals surface area (Å²) in [5.74, 6) is 3.73. The zero-order valence-corrected chi connectivity index (χ0v) is 9.69. The maximum absolute atomic E-state index is 11.5. The van der Waals surface area contributed by atoms with Crippen LogP contribution in [0.1, 0.15) is 19.8 Å². The summed E-state index contributed by atoms with van der Waals surface area (Å²) in [6.45, 7) is 1.60. The fraction of sp³-hybridized carbons (Fsp3) is 0.500. The summed E-state index contributed by atoms with van der Waals surface area (Å²) < 4.78 is 9.31. The first kappa shape index (κ1) is 14.9. The van der Waals surface area contributed by atoms with Crippen LogP contribution in [0.4, 0.5) is 4.79 Å². The number of carbonyl (C=O) groups excluding carboxylic acids is 2. The van der Waals surface area contributed by atoms with Gasteiger partial charge in [-0.05, 0) is 6.42 Å². The molecule has 0 aliphatic heterocycles. The van der Waals surface area contributed by atoms with E-state index < -0.39 is 18.1 Å². The van der Waals surface area contributed by atoms with E-state index in [1.165, 1.54) is 0 Å². The highest BCUT2D eigenvalue weighted by molar-refractivity contribution is 5.81. The lowest BCUT2D eigenvalue weighted by Gasteiger charge is -2.15. The Hall–Kier alpha value is -2.14. The van der Waals surface area contributed by atoms with Gasteiger partial charge in [0.25, 0.3) is 0 Å². The molecule has 17 heavy (non-hydrogen) atoms. The second kappa shape index (κ2) is 9.11. The Kier molecular flexibility index (Phi) is 7.97. The van der Waals surface area contributed by atoms with Gasteiger partial charge in [0.1, 0.15) is 6.04 Å². The lowest BCUT2D eigenvalue weighted by Crippen LogP contribution is -2.42. The Bertz CT molecular complexity index is 337. The van der Waals surface area contributed by atoms with Crippen LogP contribution in [0.5, 0.6) is 0 Å². The summed E-state index contributed by atoms with van der Waals surface area (Å²) in [7, 11) is 0. The van der Waals surface area contributed by atoms with Gasteiger partial charge in [0, 0.05) is 0 Å². The van der Waals surface area contributed by atoms with Crippen molar-refractivity contribution in [3.63, 3.8) is 0 Å². The molecule has 0 fully saturated rings. The summed E-state index contributed by atoms with van der Waals surface area (Å²) in [6.07, 6.45) is 10.3. The van der Waals surface area contributed by atoms with Crippen LogP contribution < -0.4 is 5.32 Å². The first-order chi connectivity index (χ1) is 8.15. The van der Waals surface area contributed by atoms with E-state index in [2.05, 4.69) is 21.9 Å². The number of carbonyl (C=O) groups is 2. The monoisotopic (exact) mass is 237 g/mol. The van der Waals surface area contributed by atoms with Crippen molar-refractivity contribution in [3.05, 3.63) is 0 Å². The van der Waals surface area contributed by atoms with Gasteiger partial charge >= 0.3 is 12.1 Å². The van der Waals surface area contributed by atoms with Crippen LogP contribution in [0, 0.1) is 24.7 Å². The SMILES string of the molecule is C#CCOC(=O)NC(CCC)C(=O)OCC#C. The zero-order valence-electron chi connectivity index (χ0n) is 9.69. The van der Waals surface area contributed by atoms with Crippen molar-refractivity contribution in [1.29, 1.82) is 0 Å². The van der Waals surface area contributed by atoms with E-state index in [0.29, 0.717) is 12.8 Å². The Labute approximate surface area is 101 Å². The molecule has 0 saturated carbocycles. The predicted molar refractivity (Wildman–Crippen MR) is 61.8 cm³/mol. The molecule has 1 amide bonds. The van der Waals surface area contributed by atoms with E-state index in [0.717, 1.165) is 0 Å². The maximum Gasteiger partial charge on any atom is 0.408 e. The number of hydrogen-bond donors (Lipinski definition) is 1. The van der Waals surface area contributed by atoms with Gasteiger partial charge in [-0.3, -0.25) is 0 Å². The second-order valence-electron chi connectivity index (χ2n) is 3.08. The normalized spacial score (nSPS) is 10.5. The van der Waals surface area contributed by atoms with Crippen molar-refractivity contribution in [2.75, 3.05) is 13.2 Å². The summed E-state index contributed by atoms with van der Waals surface area (Å²) in [6, 6.07) is -0.765. The topological polar surface area (TPSA) is 64.6 Å². The molecule has 0 aromatic heterocycles. The molecule has 1 unspecified atom stereocenters. The molecule has 0 aromatic rings. The van der Waals surface area contributed by atoms with E-state index in [4.69, 9.17) is 17.6 Å². The number of alkyl carbamates (subject to hydrolysis) is 1. The van der Waals surface area contributed by atoms with Crippen LogP contribution in [0.25, 0.3) is 0 Å². The minimum Gasteiger partial charge on any atom is -0.451 e. The summed E-state index contributed by atoms with van der Waals surface area (Å²) in [5, 5.41) is 2.36. The number of ether oxygens (including phenoxy) is 2. The minimum atomic E-state index is -0.765. The highest BCUT2D eigenvalue weighted by Gasteiger charge is 2.21. The standard InChI is InChI=1S/C12H15NO4/c1-4-7-10(11(14)16-8-5-2)13-12(15)17-9-6-3/h2-3,10H,4,7-9H2,1H3,(H,13,15). The van der Waals surface area contributed by atoms with Gasteiger partial charge in [0.2, 0.25) is 0 Å². The number of esters is 1. The first-order valence-corrected chi connectivity index (χ1v) is 5.12. The largest absolute Gasteiger partial charge is 0.451 e. The molecule has 5 nitrogen and oxygen atoms in total. The number of hydrogen-bond acceptors (Lipinski definition) is 4. The Morgan fingerprint density at radius 1 is 1.24 bits per heavy atom. The molecule has 0 rings (SSSR count). The third kappa shape index (κ3) is 6.86. The summed E-state index contributed by atoms with van der Waals surface area (Å²) >= 11 is 0. The fourth-order valence-electron chi connectivity index (χ4n) is 1.04. The Balaban J connectivity index is 4.23. The van der Waals surface area contributed by atoms with E-state index in [9.17, 15) is 9.59 Å². The van der Waals surface area contributed by atoms with Crippen LogP contribution in [-0.2, 0) is 14.3 Å². The van der Waals surface area contributed by atoms with Crippen molar-refractivity contribution in [2.24, 2.45) is 0 Å². The lowest BCUT2D eigenvalue weighted by atomic mass is 10.2. The first-order valence-electron chi connectivity index (χ1n) is 5.12. The van der Waals surface area contributed by atoms with E-state index >= 15 is 0 Å². The molecule has 1 atom stereocenters. The molecule has 5 heteroatoms. The Morgan fingerprint density at radius 3 is 2.35 bits per heavy atom. The molecule has 0 aromatic carbocycles. The van der Waals surface area contributed by atoms with Crippen LogP contribution in [0.15, 0.2) is 0 Å². The lowest BCUT2D eigenvalue weighted by molar-refractivity contribution is -0.144. The third-order valence-corrected chi connectivity index (χ3v) is 1.74. The number of rotatable bonds is 6. The molecule has 92 valence electrons. The van der Waals surface area contributed by atoms with Gasteiger partial charge in [0.05, 0.1) is 0 Å². The number of amides is 1. The molecular weight excluding hydrogens is 222 g/mol. The van der Waals surface area contributed by atoms with Crippen molar-refractivity contribution in [1.82, 2.24) is 5.32 Å². The quantitative estimate of drug-likeness (QED) is 0.545. The van der Waals surface area contributed by atoms with Crippen molar-refractivity contribution in [2.45, 2.75) is 25.8 Å². The van der Waals surface area contributed by atoms with E-state index in [-0.39, 0.29) is 13.2 Å². The van der Waals surface area contributed by atoms with Gasteiger partial charge < -0.3 is 14.8 Å². The smallest absolute Gasteiger partial charge is 0.408 e. The van der Waals surface area contributed by atoms with E-state index in [1.54, 1.807) is 0 Å². The average molecular weight is 237 g/mol. The minimum absolute atomic E-state index is 0.125. The van der Waals surface area contributed by atoms with Crippen LogP contribution in [0.3, 0.4) is 0 Å². The fourth-order valence-corrected chi connectivity index (χ4v) is 1.04. The highest BCUT2D eigenvalue weighted by atomic mass is 16.6. The highest BCUT2D eigenvalue weighted by Crippen LogP contribution is 2.00. The average Bonchev–Trinajstić information content (AvgIpc) is 2.32. The molecule has 0 aliphatic carbocycles. The molecule has 0 bridgehead atoms. The van der Waals surface area contributed by atoms with Crippen molar-refractivity contribution >= 4 is 12.1 Å². The van der Waals surface area contributed by atoms with Gasteiger partial charge in [-0.1, -0.05) is 25.2 Å². The Morgan fingerprint density at radius 2 is 1.82 bits per heavy atom. The van der Waals surface area contributed by atoms with Crippen molar-refractivity contribution < 1.29 is 19.1 Å². The molecule has 1 N–H and O–H groups in total. The summed E-state index contributed by atoms with van der Waals surface area (Å²) in [5.41, 5.74) is 0. The molecular formula is C12H15NO4. The predicted octanol–water partition coefficient (Wildman–Crippen LogP) is 0.691. The third-order valence-electron chi connectivity index (χ3n) is 1.74. The second-order valence-corrected chi connectivity index (χ2v) is 3.08. The van der Waals surface area contributed by atoms with Gasteiger partial charge in [-0.2, -0.15) is 0 Å². The maximum atomic E-state index is 11.5. The van der Waals surface area contributed by atoms with Gasteiger partial charge in [0.15, 0.2) is 13.2 Å². The molecule has 0 heterocycles. The molecule has 0 radical (unpaired) electrons. The molecule has 0 aliphatic rings. The number of nitrogens with one attached hydrogen (secondary N) is 1. The molecule has 0 saturated heterocycles. The van der Waals surface area contributed by atoms with Crippen LogP contribution >= 0.6 is 0 Å². The molecule has 0 spiro atoms. The number of terminal acetylenes is 2. The zero-order chi connectivity index (χ0) is 13.1.